The lowest BCUT2D eigenvalue weighted by atomic mass is 10.1. The molecule has 1 aliphatic heterocycles. The van der Waals surface area contributed by atoms with Gasteiger partial charge in [0.2, 0.25) is 11.8 Å². The van der Waals surface area contributed by atoms with Crippen molar-refractivity contribution >= 4 is 28.9 Å². The number of anilines is 2. The molecule has 0 radical (unpaired) electrons. The Morgan fingerprint density at radius 3 is 2.69 bits per heavy atom. The minimum absolute atomic E-state index is 0.0389. The van der Waals surface area contributed by atoms with Crippen molar-refractivity contribution in [3.05, 3.63) is 63.7 Å². The van der Waals surface area contributed by atoms with Crippen molar-refractivity contribution in [3.63, 3.8) is 0 Å². The number of amides is 2. The standard InChI is InChI=1S/C19H19N3O4/c1-12-4-3-5-15(8-12)20-19(24)14-9-18(23)21(11-14)16-7-6-13(2)17(10-16)22(25)26/h3-8,10,14H,9,11H2,1-2H3,(H,20,24)/t14-/m1/s1. The molecule has 1 aliphatic rings. The van der Waals surface area contributed by atoms with Gasteiger partial charge in [0, 0.05) is 30.3 Å². The number of nitro benzene ring substituents is 1. The molecule has 1 atom stereocenters. The molecular weight excluding hydrogens is 334 g/mol. The third kappa shape index (κ3) is 3.56. The number of nitrogens with one attached hydrogen (secondary N) is 1. The fraction of sp³-hybridized carbons (Fsp3) is 0.263. The molecule has 0 aromatic heterocycles. The van der Waals surface area contributed by atoms with Crippen LogP contribution in [-0.2, 0) is 9.59 Å². The van der Waals surface area contributed by atoms with Crippen LogP contribution in [0.15, 0.2) is 42.5 Å². The van der Waals surface area contributed by atoms with Crippen LogP contribution in [0.1, 0.15) is 17.5 Å². The van der Waals surface area contributed by atoms with E-state index >= 15 is 0 Å². The molecule has 1 fully saturated rings. The maximum absolute atomic E-state index is 12.5. The van der Waals surface area contributed by atoms with Crippen LogP contribution in [0.2, 0.25) is 0 Å². The number of nitro groups is 1. The first-order valence-corrected chi connectivity index (χ1v) is 8.28. The molecule has 1 heterocycles. The molecule has 0 saturated carbocycles. The average Bonchev–Trinajstić information content (AvgIpc) is 2.97. The van der Waals surface area contributed by atoms with E-state index in [1.165, 1.54) is 11.0 Å². The van der Waals surface area contributed by atoms with E-state index in [0.29, 0.717) is 16.9 Å². The second-order valence-electron chi connectivity index (χ2n) is 6.49. The summed E-state index contributed by atoms with van der Waals surface area (Å²) in [4.78, 5) is 36.9. The van der Waals surface area contributed by atoms with E-state index < -0.39 is 10.8 Å². The second kappa shape index (κ2) is 6.95. The van der Waals surface area contributed by atoms with E-state index in [4.69, 9.17) is 0 Å². The minimum atomic E-state index is -0.497. The van der Waals surface area contributed by atoms with Crippen molar-refractivity contribution in [1.29, 1.82) is 0 Å². The van der Waals surface area contributed by atoms with Crippen molar-refractivity contribution in [2.24, 2.45) is 5.92 Å². The number of hydrogen-bond acceptors (Lipinski definition) is 4. The van der Waals surface area contributed by atoms with Crippen LogP contribution in [0, 0.1) is 29.9 Å². The zero-order valence-corrected chi connectivity index (χ0v) is 14.6. The Hall–Kier alpha value is -3.22. The van der Waals surface area contributed by atoms with Gasteiger partial charge in [-0.05, 0) is 37.6 Å². The van der Waals surface area contributed by atoms with Crippen LogP contribution >= 0.6 is 0 Å². The summed E-state index contributed by atoms with van der Waals surface area (Å²) in [5.41, 5.74) is 2.64. The minimum Gasteiger partial charge on any atom is -0.326 e. The molecule has 2 aromatic rings. The van der Waals surface area contributed by atoms with Gasteiger partial charge in [-0.15, -0.1) is 0 Å². The van der Waals surface area contributed by atoms with Crippen LogP contribution in [-0.4, -0.2) is 23.3 Å². The Kier molecular flexibility index (Phi) is 4.71. The number of hydrogen-bond donors (Lipinski definition) is 1. The molecular formula is C19H19N3O4. The molecule has 2 aromatic carbocycles. The van der Waals surface area contributed by atoms with Gasteiger partial charge in [0.15, 0.2) is 0 Å². The van der Waals surface area contributed by atoms with Gasteiger partial charge in [-0.25, -0.2) is 0 Å². The lowest BCUT2D eigenvalue weighted by Gasteiger charge is -2.17. The number of carbonyl (C=O) groups is 2. The number of benzene rings is 2. The van der Waals surface area contributed by atoms with E-state index in [2.05, 4.69) is 5.32 Å². The Morgan fingerprint density at radius 2 is 2.00 bits per heavy atom. The summed E-state index contributed by atoms with van der Waals surface area (Å²) in [5.74, 6) is -0.941. The van der Waals surface area contributed by atoms with Gasteiger partial charge in [0.1, 0.15) is 0 Å². The Balaban J connectivity index is 1.75. The van der Waals surface area contributed by atoms with Crippen molar-refractivity contribution < 1.29 is 14.5 Å². The molecule has 0 unspecified atom stereocenters. The van der Waals surface area contributed by atoms with Gasteiger partial charge < -0.3 is 10.2 Å². The first-order chi connectivity index (χ1) is 12.3. The summed E-state index contributed by atoms with van der Waals surface area (Å²) < 4.78 is 0. The molecule has 2 amide bonds. The maximum Gasteiger partial charge on any atom is 0.274 e. The van der Waals surface area contributed by atoms with Gasteiger partial charge in [-0.2, -0.15) is 0 Å². The van der Waals surface area contributed by atoms with Crippen LogP contribution in [0.4, 0.5) is 17.1 Å². The highest BCUT2D eigenvalue weighted by Crippen LogP contribution is 2.30. The highest BCUT2D eigenvalue weighted by Gasteiger charge is 2.35. The van der Waals surface area contributed by atoms with E-state index in [1.54, 1.807) is 25.1 Å². The van der Waals surface area contributed by atoms with E-state index in [-0.39, 0.29) is 30.5 Å². The van der Waals surface area contributed by atoms with E-state index in [9.17, 15) is 19.7 Å². The topological polar surface area (TPSA) is 92.6 Å². The van der Waals surface area contributed by atoms with Crippen molar-refractivity contribution in [2.45, 2.75) is 20.3 Å². The third-order valence-electron chi connectivity index (χ3n) is 4.48. The molecule has 1 saturated heterocycles. The van der Waals surface area contributed by atoms with Crippen LogP contribution in [0.3, 0.4) is 0 Å². The molecule has 26 heavy (non-hydrogen) atoms. The van der Waals surface area contributed by atoms with Crippen LogP contribution < -0.4 is 10.2 Å². The predicted octanol–water partition coefficient (Wildman–Crippen LogP) is 3.20. The Morgan fingerprint density at radius 1 is 1.23 bits per heavy atom. The predicted molar refractivity (Wildman–Crippen MR) is 98.1 cm³/mol. The van der Waals surface area contributed by atoms with Crippen molar-refractivity contribution in [1.82, 2.24) is 0 Å². The first-order valence-electron chi connectivity index (χ1n) is 8.28. The fourth-order valence-electron chi connectivity index (χ4n) is 3.06. The summed E-state index contributed by atoms with van der Waals surface area (Å²) in [6.45, 7) is 3.78. The van der Waals surface area contributed by atoms with Gasteiger partial charge in [-0.3, -0.25) is 19.7 Å². The maximum atomic E-state index is 12.5. The zero-order chi connectivity index (χ0) is 18.8. The number of carbonyl (C=O) groups excluding carboxylic acids is 2. The van der Waals surface area contributed by atoms with E-state index in [0.717, 1.165) is 5.56 Å². The highest BCUT2D eigenvalue weighted by atomic mass is 16.6. The molecule has 134 valence electrons. The fourth-order valence-corrected chi connectivity index (χ4v) is 3.06. The molecule has 1 N–H and O–H groups in total. The SMILES string of the molecule is Cc1cccc(NC(=O)[C@@H]2CC(=O)N(c3ccc(C)c([N+](=O)[O-])c3)C2)c1. The summed E-state index contributed by atoms with van der Waals surface area (Å²) in [5, 5.41) is 13.9. The van der Waals surface area contributed by atoms with Gasteiger partial charge in [-0.1, -0.05) is 18.2 Å². The monoisotopic (exact) mass is 353 g/mol. The third-order valence-corrected chi connectivity index (χ3v) is 4.48. The van der Waals surface area contributed by atoms with E-state index in [1.807, 2.05) is 25.1 Å². The van der Waals surface area contributed by atoms with Gasteiger partial charge in [0.05, 0.1) is 16.5 Å². The van der Waals surface area contributed by atoms with Crippen LogP contribution in [0.5, 0.6) is 0 Å². The van der Waals surface area contributed by atoms with Crippen molar-refractivity contribution in [2.75, 3.05) is 16.8 Å². The second-order valence-corrected chi connectivity index (χ2v) is 6.49. The number of nitrogens with zero attached hydrogens (tertiary/aromatic N) is 2. The van der Waals surface area contributed by atoms with Gasteiger partial charge in [0.25, 0.3) is 5.69 Å². The Labute approximate surface area is 150 Å². The lowest BCUT2D eigenvalue weighted by Crippen LogP contribution is -2.28. The summed E-state index contributed by atoms with van der Waals surface area (Å²) in [6.07, 6.45) is 0.0827. The summed E-state index contributed by atoms with van der Waals surface area (Å²) in [6, 6.07) is 12.1. The quantitative estimate of drug-likeness (QED) is 0.675. The molecule has 0 spiro atoms. The molecule has 7 nitrogen and oxygen atoms in total. The van der Waals surface area contributed by atoms with Gasteiger partial charge >= 0.3 is 0 Å². The summed E-state index contributed by atoms with van der Waals surface area (Å²) in [7, 11) is 0. The smallest absolute Gasteiger partial charge is 0.274 e. The zero-order valence-electron chi connectivity index (χ0n) is 14.6. The first kappa shape index (κ1) is 17.6. The summed E-state index contributed by atoms with van der Waals surface area (Å²) >= 11 is 0. The van der Waals surface area contributed by atoms with Crippen LogP contribution in [0.25, 0.3) is 0 Å². The number of rotatable bonds is 4. The molecule has 0 aliphatic carbocycles. The largest absolute Gasteiger partial charge is 0.326 e. The molecule has 0 bridgehead atoms. The average molecular weight is 353 g/mol. The number of aryl methyl sites for hydroxylation is 2. The normalized spacial score (nSPS) is 16.6. The lowest BCUT2D eigenvalue weighted by molar-refractivity contribution is -0.385. The molecule has 3 rings (SSSR count). The Bertz CT molecular complexity index is 894. The molecule has 7 heteroatoms. The highest BCUT2D eigenvalue weighted by molar-refractivity contribution is 6.03. The van der Waals surface area contributed by atoms with Crippen molar-refractivity contribution in [3.8, 4) is 0 Å².